The second-order valence-electron chi connectivity index (χ2n) is 5.19. The highest BCUT2D eigenvalue weighted by atomic mass is 19.1. The van der Waals surface area contributed by atoms with Gasteiger partial charge in [-0.3, -0.25) is 0 Å². The molecule has 1 saturated carbocycles. The predicted molar refractivity (Wildman–Crippen MR) is 67.8 cm³/mol. The molecule has 0 saturated heterocycles. The van der Waals surface area contributed by atoms with E-state index in [1.54, 1.807) is 0 Å². The lowest BCUT2D eigenvalue weighted by molar-refractivity contribution is 0.377. The number of hydrogen-bond donors (Lipinski definition) is 0. The van der Waals surface area contributed by atoms with Crippen molar-refractivity contribution < 1.29 is 4.39 Å². The number of fused-ring (bicyclic) bond motifs is 1. The van der Waals surface area contributed by atoms with E-state index in [-0.39, 0.29) is 5.82 Å². The molecule has 1 aromatic heterocycles. The molecule has 2 aromatic rings. The first-order valence-electron chi connectivity index (χ1n) is 6.01. The van der Waals surface area contributed by atoms with Gasteiger partial charge < -0.3 is 9.47 Å². The van der Waals surface area contributed by atoms with Crippen LogP contribution in [0.2, 0.25) is 0 Å². The highest BCUT2D eigenvalue weighted by Crippen LogP contribution is 2.42. The largest absolute Gasteiger partial charge is 0.340 e. The molecule has 0 radical (unpaired) electrons. The molecular formula is C14H17FN2. The fourth-order valence-corrected chi connectivity index (χ4v) is 2.61. The van der Waals surface area contributed by atoms with Gasteiger partial charge in [0, 0.05) is 17.6 Å². The molecule has 1 fully saturated rings. The Morgan fingerprint density at radius 3 is 2.71 bits per heavy atom. The van der Waals surface area contributed by atoms with Crippen LogP contribution >= 0.6 is 0 Å². The van der Waals surface area contributed by atoms with E-state index in [0.717, 1.165) is 22.9 Å². The summed E-state index contributed by atoms with van der Waals surface area (Å²) < 4.78 is 16.3. The summed E-state index contributed by atoms with van der Waals surface area (Å²) in [4.78, 5) is 2.21. The van der Waals surface area contributed by atoms with Gasteiger partial charge in [0.15, 0.2) is 0 Å². The van der Waals surface area contributed by atoms with Gasteiger partial charge in [0.2, 0.25) is 0 Å². The van der Waals surface area contributed by atoms with Gasteiger partial charge >= 0.3 is 0 Å². The average Bonchev–Trinajstić information content (AvgIpc) is 2.97. The van der Waals surface area contributed by atoms with Crippen LogP contribution in [-0.2, 0) is 0 Å². The molecule has 0 amide bonds. The third-order valence-corrected chi connectivity index (χ3v) is 3.76. The molecule has 0 N–H and O–H groups in total. The van der Waals surface area contributed by atoms with E-state index in [1.165, 1.54) is 0 Å². The lowest BCUT2D eigenvalue weighted by atomic mass is 10.2. The molecule has 0 bridgehead atoms. The van der Waals surface area contributed by atoms with E-state index in [4.69, 9.17) is 0 Å². The Bertz CT molecular complexity index is 571. The van der Waals surface area contributed by atoms with Gasteiger partial charge in [-0.15, -0.1) is 0 Å². The van der Waals surface area contributed by atoms with Crippen LogP contribution in [0.3, 0.4) is 0 Å². The lowest BCUT2D eigenvalue weighted by Crippen LogP contribution is -2.17. The SMILES string of the molecule is Cc1ccc2ccn(C3CC3N(C)C)c2c1F. The third kappa shape index (κ3) is 1.57. The zero-order chi connectivity index (χ0) is 12.2. The fourth-order valence-electron chi connectivity index (χ4n) is 2.61. The number of rotatable bonds is 2. The second kappa shape index (κ2) is 3.57. The normalized spacial score (nSPS) is 23.6. The molecule has 1 aliphatic carbocycles. The Morgan fingerprint density at radius 1 is 1.29 bits per heavy atom. The molecule has 1 aromatic carbocycles. The van der Waals surface area contributed by atoms with E-state index < -0.39 is 0 Å². The van der Waals surface area contributed by atoms with Crippen LogP contribution in [0.25, 0.3) is 10.9 Å². The van der Waals surface area contributed by atoms with Crippen LogP contribution in [0.15, 0.2) is 24.4 Å². The number of hydrogen-bond acceptors (Lipinski definition) is 1. The average molecular weight is 232 g/mol. The summed E-state index contributed by atoms with van der Waals surface area (Å²) in [5, 5.41) is 0.998. The van der Waals surface area contributed by atoms with E-state index in [9.17, 15) is 4.39 Å². The molecule has 17 heavy (non-hydrogen) atoms. The van der Waals surface area contributed by atoms with E-state index in [1.807, 2.05) is 31.3 Å². The molecule has 1 aliphatic rings. The number of aromatic nitrogens is 1. The first-order valence-corrected chi connectivity index (χ1v) is 6.01. The molecule has 3 rings (SSSR count). The van der Waals surface area contributed by atoms with Crippen LogP contribution in [0.5, 0.6) is 0 Å². The van der Waals surface area contributed by atoms with Gasteiger partial charge in [-0.05, 0) is 39.1 Å². The molecule has 2 nitrogen and oxygen atoms in total. The Kier molecular flexibility index (Phi) is 2.26. The van der Waals surface area contributed by atoms with Crippen molar-refractivity contribution in [2.45, 2.75) is 25.4 Å². The molecule has 90 valence electrons. The summed E-state index contributed by atoms with van der Waals surface area (Å²) in [6.45, 7) is 1.82. The van der Waals surface area contributed by atoms with Crippen molar-refractivity contribution in [2.75, 3.05) is 14.1 Å². The van der Waals surface area contributed by atoms with Crippen molar-refractivity contribution in [1.29, 1.82) is 0 Å². The van der Waals surface area contributed by atoms with Gasteiger partial charge in [-0.2, -0.15) is 0 Å². The second-order valence-corrected chi connectivity index (χ2v) is 5.19. The van der Waals surface area contributed by atoms with Gasteiger partial charge in [0.05, 0.1) is 11.6 Å². The summed E-state index contributed by atoms with van der Waals surface area (Å²) in [5.74, 6) is -0.0723. The van der Waals surface area contributed by atoms with E-state index in [0.29, 0.717) is 12.1 Å². The monoisotopic (exact) mass is 232 g/mol. The van der Waals surface area contributed by atoms with Gasteiger partial charge in [-0.1, -0.05) is 12.1 Å². The molecular weight excluding hydrogens is 215 g/mol. The highest BCUT2D eigenvalue weighted by Gasteiger charge is 2.41. The van der Waals surface area contributed by atoms with Crippen LogP contribution < -0.4 is 0 Å². The van der Waals surface area contributed by atoms with Gasteiger partial charge in [-0.25, -0.2) is 4.39 Å². The fraction of sp³-hybridized carbons (Fsp3) is 0.429. The number of aryl methyl sites for hydroxylation is 1. The van der Waals surface area contributed by atoms with E-state index in [2.05, 4.69) is 23.6 Å². The van der Waals surface area contributed by atoms with Crippen LogP contribution in [0.1, 0.15) is 18.0 Å². The minimum absolute atomic E-state index is 0.0723. The summed E-state index contributed by atoms with van der Waals surface area (Å²) >= 11 is 0. The molecule has 1 heterocycles. The maximum Gasteiger partial charge on any atom is 0.150 e. The van der Waals surface area contributed by atoms with Gasteiger partial charge in [0.1, 0.15) is 5.82 Å². The minimum Gasteiger partial charge on any atom is -0.340 e. The van der Waals surface area contributed by atoms with Crippen molar-refractivity contribution in [2.24, 2.45) is 0 Å². The Hall–Kier alpha value is -1.35. The number of benzene rings is 1. The molecule has 0 aliphatic heterocycles. The summed E-state index contributed by atoms with van der Waals surface area (Å²) in [6, 6.07) is 6.82. The predicted octanol–water partition coefficient (Wildman–Crippen LogP) is 2.96. The van der Waals surface area contributed by atoms with Crippen molar-refractivity contribution >= 4 is 10.9 Å². The topological polar surface area (TPSA) is 8.17 Å². The minimum atomic E-state index is -0.0723. The van der Waals surface area contributed by atoms with Crippen LogP contribution in [-0.4, -0.2) is 29.6 Å². The van der Waals surface area contributed by atoms with Crippen molar-refractivity contribution in [1.82, 2.24) is 9.47 Å². The maximum atomic E-state index is 14.2. The van der Waals surface area contributed by atoms with E-state index >= 15 is 0 Å². The number of nitrogens with zero attached hydrogens (tertiary/aromatic N) is 2. The maximum absolute atomic E-state index is 14.2. The van der Waals surface area contributed by atoms with Crippen molar-refractivity contribution in [3.8, 4) is 0 Å². The first-order chi connectivity index (χ1) is 8.09. The lowest BCUT2D eigenvalue weighted by Gasteiger charge is -2.11. The smallest absolute Gasteiger partial charge is 0.150 e. The third-order valence-electron chi connectivity index (χ3n) is 3.76. The van der Waals surface area contributed by atoms with Crippen LogP contribution in [0, 0.1) is 12.7 Å². The van der Waals surface area contributed by atoms with Crippen molar-refractivity contribution in [3.05, 3.63) is 35.8 Å². The quantitative estimate of drug-likeness (QED) is 0.773. The highest BCUT2D eigenvalue weighted by molar-refractivity contribution is 5.81. The zero-order valence-electron chi connectivity index (χ0n) is 10.4. The van der Waals surface area contributed by atoms with Crippen LogP contribution in [0.4, 0.5) is 4.39 Å². The molecule has 3 heteroatoms. The molecule has 2 unspecified atom stereocenters. The number of likely N-dealkylation sites (N-methyl/N-ethyl adjacent to an activating group) is 1. The molecule has 2 atom stereocenters. The summed E-state index contributed by atoms with van der Waals surface area (Å²) in [5.41, 5.74) is 1.49. The Labute approximate surface area is 101 Å². The standard InChI is InChI=1S/C14H17FN2/c1-9-4-5-10-6-7-17(14(10)13(9)15)12-8-11(12)16(2)3/h4-7,11-12H,8H2,1-3H3. The number of halogens is 1. The molecule has 0 spiro atoms. The first kappa shape index (κ1) is 10.8. The Balaban J connectivity index is 2.10. The van der Waals surface area contributed by atoms with Crippen molar-refractivity contribution in [3.63, 3.8) is 0 Å². The zero-order valence-corrected chi connectivity index (χ0v) is 10.4. The Morgan fingerprint density at radius 2 is 2.06 bits per heavy atom. The summed E-state index contributed by atoms with van der Waals surface area (Å²) in [7, 11) is 4.16. The van der Waals surface area contributed by atoms with Gasteiger partial charge in [0.25, 0.3) is 0 Å². The summed E-state index contributed by atoms with van der Waals surface area (Å²) in [6.07, 6.45) is 3.13.